The van der Waals surface area contributed by atoms with E-state index in [1.807, 2.05) is 0 Å². The van der Waals surface area contributed by atoms with E-state index in [-0.39, 0.29) is 29.8 Å². The number of β-amino-alcohol motifs (C(OH)–C–C–N with tert-alkyl or cyclic N) is 1. The lowest BCUT2D eigenvalue weighted by atomic mass is 9.75. The van der Waals surface area contributed by atoms with Crippen LogP contribution >= 0.6 is 11.6 Å². The van der Waals surface area contributed by atoms with Crippen molar-refractivity contribution >= 4 is 23.3 Å². The van der Waals surface area contributed by atoms with Crippen molar-refractivity contribution in [3.63, 3.8) is 0 Å². The molecular formula is C21H20ClF4N3O3. The molecule has 0 bridgehead atoms. The molecule has 1 aromatic heterocycles. The van der Waals surface area contributed by atoms with Crippen molar-refractivity contribution < 1.29 is 32.6 Å². The highest BCUT2D eigenvalue weighted by atomic mass is 35.5. The normalized spacial score (nSPS) is 26.8. The number of carbonyl (C=O) groups is 1. The maximum Gasteiger partial charge on any atom is 0.416 e. The third kappa shape index (κ3) is 4.45. The van der Waals surface area contributed by atoms with Crippen molar-refractivity contribution in [2.45, 2.75) is 43.9 Å². The molecule has 2 aliphatic rings. The number of alkyl halides is 3. The number of carbonyl (C=O) groups excluding carboxylic acids is 1. The van der Waals surface area contributed by atoms with Gasteiger partial charge >= 0.3 is 6.18 Å². The van der Waals surface area contributed by atoms with Gasteiger partial charge in [-0.15, -0.1) is 0 Å². The summed E-state index contributed by atoms with van der Waals surface area (Å²) in [7, 11) is 0. The molecule has 11 heteroatoms. The first-order chi connectivity index (χ1) is 15.0. The molecule has 1 aromatic carbocycles. The van der Waals surface area contributed by atoms with Crippen LogP contribution in [-0.4, -0.2) is 50.9 Å². The molecule has 2 aromatic rings. The second kappa shape index (κ2) is 8.58. The van der Waals surface area contributed by atoms with Crippen LogP contribution in [0.4, 0.5) is 23.4 Å². The summed E-state index contributed by atoms with van der Waals surface area (Å²) in [6.07, 6.45) is -4.46. The first-order valence-corrected chi connectivity index (χ1v) is 10.3. The van der Waals surface area contributed by atoms with Crippen molar-refractivity contribution in [1.29, 1.82) is 0 Å². The topological polar surface area (TPSA) is 76.9 Å². The van der Waals surface area contributed by atoms with E-state index < -0.39 is 41.8 Å². The number of rotatable bonds is 4. The summed E-state index contributed by atoms with van der Waals surface area (Å²) >= 11 is 5.74. The van der Waals surface area contributed by atoms with Crippen LogP contribution in [0.5, 0.6) is 0 Å². The predicted molar refractivity (Wildman–Crippen MR) is 107 cm³/mol. The predicted octanol–water partition coefficient (Wildman–Crippen LogP) is 3.20. The monoisotopic (exact) mass is 473 g/mol. The molecule has 1 aliphatic heterocycles. The number of benzene rings is 1. The fourth-order valence-electron chi connectivity index (χ4n) is 4.22. The van der Waals surface area contributed by atoms with Gasteiger partial charge in [-0.3, -0.25) is 14.6 Å². The second-order valence-electron chi connectivity index (χ2n) is 8.09. The van der Waals surface area contributed by atoms with E-state index in [9.17, 15) is 32.6 Å². The molecular weight excluding hydrogens is 454 g/mol. The Morgan fingerprint density at radius 2 is 1.81 bits per heavy atom. The number of hydrogen-bond donors (Lipinski definition) is 2. The van der Waals surface area contributed by atoms with Gasteiger partial charge in [0.05, 0.1) is 29.3 Å². The molecule has 2 heterocycles. The molecule has 32 heavy (non-hydrogen) atoms. The number of halogens is 5. The minimum atomic E-state index is -4.47. The molecule has 1 unspecified atom stereocenters. The first-order valence-electron chi connectivity index (χ1n) is 9.95. The molecule has 0 radical (unpaired) electrons. The third-order valence-electron chi connectivity index (χ3n) is 5.89. The Hall–Kier alpha value is -2.27. The van der Waals surface area contributed by atoms with Gasteiger partial charge in [-0.05, 0) is 42.5 Å². The number of hydrogen-bond acceptors (Lipinski definition) is 5. The van der Waals surface area contributed by atoms with Crippen LogP contribution in [0, 0.1) is 11.7 Å². The van der Waals surface area contributed by atoms with Crippen LogP contribution in [0.15, 0.2) is 36.5 Å². The minimum absolute atomic E-state index is 0.00662. The van der Waals surface area contributed by atoms with Crippen molar-refractivity contribution in [3.8, 4) is 0 Å². The van der Waals surface area contributed by atoms with E-state index in [4.69, 9.17) is 11.6 Å². The molecule has 2 atom stereocenters. The van der Waals surface area contributed by atoms with E-state index in [1.54, 1.807) is 0 Å². The van der Waals surface area contributed by atoms with Crippen molar-refractivity contribution in [2.75, 3.05) is 11.4 Å². The van der Waals surface area contributed by atoms with Crippen molar-refractivity contribution in [2.24, 2.45) is 5.92 Å². The molecule has 0 spiro atoms. The summed E-state index contributed by atoms with van der Waals surface area (Å²) in [4.78, 5) is 19.8. The first kappa shape index (κ1) is 22.9. The summed E-state index contributed by atoms with van der Waals surface area (Å²) in [5.74, 6) is -1.90. The lowest BCUT2D eigenvalue weighted by Crippen LogP contribution is -2.65. The van der Waals surface area contributed by atoms with Gasteiger partial charge in [0.25, 0.3) is 0 Å². The van der Waals surface area contributed by atoms with Crippen LogP contribution < -0.4 is 4.90 Å². The summed E-state index contributed by atoms with van der Waals surface area (Å²) in [6.45, 7) is -0.274. The summed E-state index contributed by atoms with van der Waals surface area (Å²) in [5.41, 5.74) is -0.329. The number of piperazine rings is 1. The molecule has 1 aliphatic carbocycles. The molecule has 2 N–H and O–H groups in total. The zero-order valence-corrected chi connectivity index (χ0v) is 17.4. The minimum Gasteiger partial charge on any atom is -0.393 e. The molecule has 4 rings (SSSR count). The van der Waals surface area contributed by atoms with Crippen LogP contribution in [0.25, 0.3) is 0 Å². The van der Waals surface area contributed by atoms with Crippen LogP contribution in [0.2, 0.25) is 5.02 Å². The van der Waals surface area contributed by atoms with Gasteiger partial charge in [-0.1, -0.05) is 23.7 Å². The Bertz CT molecular complexity index is 999. The fourth-order valence-corrected chi connectivity index (χ4v) is 4.36. The highest BCUT2D eigenvalue weighted by Gasteiger charge is 2.49. The summed E-state index contributed by atoms with van der Waals surface area (Å²) < 4.78 is 53.0. The highest BCUT2D eigenvalue weighted by molar-refractivity contribution is 6.30. The van der Waals surface area contributed by atoms with Gasteiger partial charge in [0.15, 0.2) is 11.6 Å². The van der Waals surface area contributed by atoms with Gasteiger partial charge in [0, 0.05) is 12.7 Å². The maximum atomic E-state index is 14.4. The van der Waals surface area contributed by atoms with E-state index >= 15 is 0 Å². The number of aromatic nitrogens is 1. The number of amides is 1. The SMILES string of the molecule is O=C1[C@H](C2CC(O)C2)N(Cc2ccc(C(F)(F)F)cc2)C(O)CN1c1ncc(Cl)cc1F. The van der Waals surface area contributed by atoms with E-state index in [2.05, 4.69) is 4.98 Å². The average molecular weight is 474 g/mol. The van der Waals surface area contributed by atoms with Gasteiger partial charge in [0.2, 0.25) is 5.91 Å². The summed E-state index contributed by atoms with van der Waals surface area (Å²) in [5, 5.41) is 20.6. The van der Waals surface area contributed by atoms with Crippen LogP contribution in [0.3, 0.4) is 0 Å². The molecule has 172 valence electrons. The Morgan fingerprint density at radius 1 is 1.16 bits per heavy atom. The zero-order chi connectivity index (χ0) is 23.2. The Kier molecular flexibility index (Phi) is 6.15. The smallest absolute Gasteiger partial charge is 0.393 e. The van der Waals surface area contributed by atoms with E-state index in [1.165, 1.54) is 23.2 Å². The molecule has 1 saturated heterocycles. The maximum absolute atomic E-state index is 14.4. The molecule has 1 amide bonds. The van der Waals surface area contributed by atoms with Crippen molar-refractivity contribution in [3.05, 3.63) is 58.5 Å². The van der Waals surface area contributed by atoms with Gasteiger partial charge < -0.3 is 10.2 Å². The van der Waals surface area contributed by atoms with Gasteiger partial charge in [0.1, 0.15) is 6.23 Å². The van der Waals surface area contributed by atoms with E-state index in [0.29, 0.717) is 18.4 Å². The van der Waals surface area contributed by atoms with Crippen LogP contribution in [0.1, 0.15) is 24.0 Å². The van der Waals surface area contributed by atoms with Gasteiger partial charge in [-0.25, -0.2) is 9.37 Å². The lowest BCUT2D eigenvalue weighted by molar-refractivity contribution is -0.147. The Balaban J connectivity index is 1.61. The van der Waals surface area contributed by atoms with Gasteiger partial charge in [-0.2, -0.15) is 13.2 Å². The molecule has 2 fully saturated rings. The zero-order valence-electron chi connectivity index (χ0n) is 16.6. The van der Waals surface area contributed by atoms with E-state index in [0.717, 1.165) is 23.1 Å². The number of anilines is 1. The molecule has 6 nitrogen and oxygen atoms in total. The number of aliphatic hydroxyl groups is 2. The lowest BCUT2D eigenvalue weighted by Gasteiger charge is -2.49. The standard InChI is InChI=1S/C21H20ClF4N3O3/c22-14-7-16(23)19(27-8-14)29-10-17(31)28(18(20(29)32)12-5-15(30)6-12)9-11-1-3-13(4-2-11)21(24,25)26/h1-4,7-8,12,15,17-18,30-31H,5-6,9-10H2/t12?,15?,17?,18-/m0/s1. The fraction of sp³-hybridized carbons (Fsp3) is 0.429. The highest BCUT2D eigenvalue weighted by Crippen LogP contribution is 2.38. The summed E-state index contributed by atoms with van der Waals surface area (Å²) in [6, 6.07) is 4.57. The second-order valence-corrected chi connectivity index (χ2v) is 8.52. The quantitative estimate of drug-likeness (QED) is 0.667. The number of nitrogens with zero attached hydrogens (tertiary/aromatic N) is 3. The van der Waals surface area contributed by atoms with Crippen LogP contribution in [-0.2, 0) is 17.5 Å². The molecule has 1 saturated carbocycles. The Labute approximate surface area is 186 Å². The number of pyridine rings is 1. The number of aliphatic hydroxyl groups excluding tert-OH is 2. The third-order valence-corrected chi connectivity index (χ3v) is 6.10. The van der Waals surface area contributed by atoms with Crippen molar-refractivity contribution in [1.82, 2.24) is 9.88 Å². The largest absolute Gasteiger partial charge is 0.416 e. The average Bonchev–Trinajstić information content (AvgIpc) is 2.69. The Morgan fingerprint density at radius 3 is 2.38 bits per heavy atom.